The highest BCUT2D eigenvalue weighted by Gasteiger charge is 2.05. The van der Waals surface area contributed by atoms with Crippen LogP contribution in [0.5, 0.6) is 0 Å². The maximum Gasteiger partial charge on any atom is 0.158 e. The molecule has 0 bridgehead atoms. The summed E-state index contributed by atoms with van der Waals surface area (Å²) in [5, 5.41) is 11.5. The Kier molecular flexibility index (Phi) is 3.97. The lowest BCUT2D eigenvalue weighted by Gasteiger charge is -2.22. The molecule has 0 heterocycles. The van der Waals surface area contributed by atoms with Crippen LogP contribution in [0, 0.1) is 6.92 Å². The minimum atomic E-state index is 0.220. The van der Waals surface area contributed by atoms with Crippen LogP contribution in [0.25, 0.3) is 0 Å². The SMILES string of the molecule is CCN(CC(N)=NO)c1ccc(C)cc1. The molecule has 0 atom stereocenters. The topological polar surface area (TPSA) is 61.8 Å². The van der Waals surface area contributed by atoms with Gasteiger partial charge in [0, 0.05) is 12.2 Å². The highest BCUT2D eigenvalue weighted by Crippen LogP contribution is 2.14. The van der Waals surface area contributed by atoms with Crippen LogP contribution < -0.4 is 10.6 Å². The van der Waals surface area contributed by atoms with Crippen LogP contribution in [0.4, 0.5) is 5.69 Å². The largest absolute Gasteiger partial charge is 0.409 e. The number of anilines is 1. The highest BCUT2D eigenvalue weighted by atomic mass is 16.4. The zero-order valence-corrected chi connectivity index (χ0v) is 9.14. The fourth-order valence-corrected chi connectivity index (χ4v) is 1.37. The number of nitrogens with zero attached hydrogens (tertiary/aromatic N) is 2. The summed E-state index contributed by atoms with van der Waals surface area (Å²) in [4.78, 5) is 2.04. The molecule has 4 nitrogen and oxygen atoms in total. The number of amidine groups is 1. The van der Waals surface area contributed by atoms with Crippen molar-refractivity contribution < 1.29 is 5.21 Å². The van der Waals surface area contributed by atoms with Crippen molar-refractivity contribution in [2.45, 2.75) is 13.8 Å². The molecule has 0 aliphatic carbocycles. The molecule has 1 aromatic carbocycles. The lowest BCUT2D eigenvalue weighted by Crippen LogP contribution is -2.33. The Morgan fingerprint density at radius 2 is 2.00 bits per heavy atom. The third-order valence-electron chi connectivity index (χ3n) is 2.26. The molecule has 0 saturated carbocycles. The smallest absolute Gasteiger partial charge is 0.158 e. The van der Waals surface area contributed by atoms with Gasteiger partial charge in [0.05, 0.1) is 6.54 Å². The lowest BCUT2D eigenvalue weighted by molar-refractivity contribution is 0.317. The Morgan fingerprint density at radius 1 is 1.40 bits per heavy atom. The first-order valence-electron chi connectivity index (χ1n) is 4.95. The molecule has 0 amide bonds. The average Bonchev–Trinajstić information content (AvgIpc) is 2.27. The van der Waals surface area contributed by atoms with Crippen LogP contribution >= 0.6 is 0 Å². The second-order valence-corrected chi connectivity index (χ2v) is 3.44. The maximum atomic E-state index is 8.51. The van der Waals surface area contributed by atoms with Crippen molar-refractivity contribution in [3.8, 4) is 0 Å². The van der Waals surface area contributed by atoms with Crippen molar-refractivity contribution in [3.63, 3.8) is 0 Å². The van der Waals surface area contributed by atoms with Gasteiger partial charge < -0.3 is 15.8 Å². The van der Waals surface area contributed by atoms with Crippen LogP contribution in [-0.2, 0) is 0 Å². The number of rotatable bonds is 4. The summed E-state index contributed by atoms with van der Waals surface area (Å²) in [6, 6.07) is 8.15. The molecular formula is C11H17N3O. The fraction of sp³-hybridized carbons (Fsp3) is 0.364. The van der Waals surface area contributed by atoms with E-state index in [1.807, 2.05) is 43.0 Å². The van der Waals surface area contributed by atoms with Crippen LogP contribution in [0.1, 0.15) is 12.5 Å². The zero-order chi connectivity index (χ0) is 11.3. The molecular weight excluding hydrogens is 190 g/mol. The molecule has 0 saturated heterocycles. The Hall–Kier alpha value is -1.71. The number of oxime groups is 1. The van der Waals surface area contributed by atoms with Gasteiger partial charge in [-0.05, 0) is 26.0 Å². The van der Waals surface area contributed by atoms with Gasteiger partial charge in [-0.1, -0.05) is 22.9 Å². The molecule has 15 heavy (non-hydrogen) atoms. The number of aryl methyl sites for hydroxylation is 1. The normalized spacial score (nSPS) is 11.5. The van der Waals surface area contributed by atoms with Gasteiger partial charge in [0.15, 0.2) is 5.84 Å². The molecule has 0 aliphatic heterocycles. The molecule has 0 spiro atoms. The van der Waals surface area contributed by atoms with Gasteiger partial charge in [-0.15, -0.1) is 0 Å². The van der Waals surface area contributed by atoms with Crippen LogP contribution in [0.15, 0.2) is 29.4 Å². The van der Waals surface area contributed by atoms with E-state index in [2.05, 4.69) is 5.16 Å². The van der Waals surface area contributed by atoms with E-state index in [0.717, 1.165) is 12.2 Å². The third-order valence-corrected chi connectivity index (χ3v) is 2.26. The van der Waals surface area contributed by atoms with E-state index in [9.17, 15) is 0 Å². The zero-order valence-electron chi connectivity index (χ0n) is 9.14. The second-order valence-electron chi connectivity index (χ2n) is 3.44. The van der Waals surface area contributed by atoms with Gasteiger partial charge in [0.1, 0.15) is 0 Å². The maximum absolute atomic E-state index is 8.51. The van der Waals surface area contributed by atoms with Gasteiger partial charge in [-0.25, -0.2) is 0 Å². The van der Waals surface area contributed by atoms with E-state index in [0.29, 0.717) is 6.54 Å². The van der Waals surface area contributed by atoms with Crippen molar-refractivity contribution in [1.29, 1.82) is 0 Å². The summed E-state index contributed by atoms with van der Waals surface area (Å²) in [6.07, 6.45) is 0. The Morgan fingerprint density at radius 3 is 2.47 bits per heavy atom. The fourth-order valence-electron chi connectivity index (χ4n) is 1.37. The van der Waals surface area contributed by atoms with Crippen LogP contribution in [-0.4, -0.2) is 24.1 Å². The van der Waals surface area contributed by atoms with E-state index >= 15 is 0 Å². The van der Waals surface area contributed by atoms with Crippen molar-refractivity contribution in [1.82, 2.24) is 0 Å². The summed E-state index contributed by atoms with van der Waals surface area (Å²) < 4.78 is 0. The standard InChI is InChI=1S/C11H17N3O/c1-3-14(8-11(12)13-15)10-6-4-9(2)5-7-10/h4-7,15H,3,8H2,1-2H3,(H2,12,13). The summed E-state index contributed by atoms with van der Waals surface area (Å²) in [5.41, 5.74) is 7.77. The van der Waals surface area contributed by atoms with Gasteiger partial charge in [-0.3, -0.25) is 0 Å². The minimum Gasteiger partial charge on any atom is -0.409 e. The van der Waals surface area contributed by atoms with E-state index in [1.165, 1.54) is 5.56 Å². The monoisotopic (exact) mass is 207 g/mol. The van der Waals surface area contributed by atoms with Gasteiger partial charge in [-0.2, -0.15) is 0 Å². The molecule has 1 aromatic rings. The Bertz CT molecular complexity index is 332. The van der Waals surface area contributed by atoms with E-state index in [4.69, 9.17) is 10.9 Å². The van der Waals surface area contributed by atoms with Gasteiger partial charge in [0.25, 0.3) is 0 Å². The predicted molar refractivity (Wildman–Crippen MR) is 62.5 cm³/mol. The van der Waals surface area contributed by atoms with Crippen molar-refractivity contribution in [2.75, 3.05) is 18.0 Å². The Balaban J connectivity index is 2.78. The van der Waals surface area contributed by atoms with E-state index in [-0.39, 0.29) is 5.84 Å². The van der Waals surface area contributed by atoms with Gasteiger partial charge >= 0.3 is 0 Å². The minimum absolute atomic E-state index is 0.220. The Labute approximate surface area is 90.0 Å². The number of likely N-dealkylation sites (N-methyl/N-ethyl adjacent to an activating group) is 1. The van der Waals surface area contributed by atoms with Crippen LogP contribution in [0.3, 0.4) is 0 Å². The second kappa shape index (κ2) is 5.24. The molecule has 4 heteroatoms. The molecule has 1 rings (SSSR count). The molecule has 0 fully saturated rings. The molecule has 0 radical (unpaired) electrons. The molecule has 3 N–H and O–H groups in total. The number of hydrogen-bond acceptors (Lipinski definition) is 3. The van der Waals surface area contributed by atoms with Crippen LogP contribution in [0.2, 0.25) is 0 Å². The third kappa shape index (κ3) is 3.16. The number of nitrogens with two attached hydrogens (primary N) is 1. The first-order chi connectivity index (χ1) is 7.17. The van der Waals surface area contributed by atoms with Crippen molar-refractivity contribution >= 4 is 11.5 Å². The molecule has 0 aromatic heterocycles. The summed E-state index contributed by atoms with van der Waals surface area (Å²) >= 11 is 0. The van der Waals surface area contributed by atoms with E-state index < -0.39 is 0 Å². The molecule has 0 aliphatic rings. The molecule has 82 valence electrons. The van der Waals surface area contributed by atoms with E-state index in [1.54, 1.807) is 0 Å². The summed E-state index contributed by atoms with van der Waals surface area (Å²) in [6.45, 7) is 5.34. The number of hydrogen-bond donors (Lipinski definition) is 2. The summed E-state index contributed by atoms with van der Waals surface area (Å²) in [7, 11) is 0. The first-order valence-corrected chi connectivity index (χ1v) is 4.95. The van der Waals surface area contributed by atoms with Crippen molar-refractivity contribution in [3.05, 3.63) is 29.8 Å². The average molecular weight is 207 g/mol. The highest BCUT2D eigenvalue weighted by molar-refractivity contribution is 5.84. The van der Waals surface area contributed by atoms with Gasteiger partial charge in [0.2, 0.25) is 0 Å². The molecule has 0 unspecified atom stereocenters. The van der Waals surface area contributed by atoms with Crippen molar-refractivity contribution in [2.24, 2.45) is 10.9 Å². The quantitative estimate of drug-likeness (QED) is 0.341. The predicted octanol–water partition coefficient (Wildman–Crippen LogP) is 1.57. The first kappa shape index (κ1) is 11.4. The summed E-state index contributed by atoms with van der Waals surface area (Å²) in [5.74, 6) is 0.220. The number of benzene rings is 1. The lowest BCUT2D eigenvalue weighted by atomic mass is 10.2.